The number of rotatable bonds is 6. The number of oxazole rings is 1. The number of benzene rings is 2. The van der Waals surface area contributed by atoms with Crippen LogP contribution in [-0.2, 0) is 11.2 Å². The Kier molecular flexibility index (Phi) is 4.93. The largest absolute Gasteiger partial charge is 0.496 e. The maximum absolute atomic E-state index is 12.1. The zero-order valence-electron chi connectivity index (χ0n) is 13.7. The average molecular weight is 354 g/mol. The van der Waals surface area contributed by atoms with E-state index < -0.39 is 10.9 Å². The molecule has 3 rings (SSSR count). The summed E-state index contributed by atoms with van der Waals surface area (Å²) in [4.78, 5) is 26.8. The number of ether oxygens (including phenoxy) is 2. The highest BCUT2D eigenvalue weighted by atomic mass is 16.6. The number of esters is 1. The second kappa shape index (κ2) is 7.47. The van der Waals surface area contributed by atoms with Crippen molar-refractivity contribution in [2.24, 2.45) is 0 Å². The van der Waals surface area contributed by atoms with E-state index in [1.807, 2.05) is 30.3 Å². The van der Waals surface area contributed by atoms with Gasteiger partial charge in [0.05, 0.1) is 30.2 Å². The van der Waals surface area contributed by atoms with Gasteiger partial charge >= 0.3 is 11.7 Å². The summed E-state index contributed by atoms with van der Waals surface area (Å²) in [5.41, 5.74) is 0.783. The fourth-order valence-electron chi connectivity index (χ4n) is 2.26. The van der Waals surface area contributed by atoms with E-state index >= 15 is 0 Å². The molecule has 1 aromatic heterocycles. The third-order valence-electron chi connectivity index (χ3n) is 3.48. The van der Waals surface area contributed by atoms with Crippen LogP contribution in [0.3, 0.4) is 0 Å². The molecule has 0 unspecified atom stereocenters. The molecule has 8 heteroatoms. The Morgan fingerprint density at radius 2 is 2.00 bits per heavy atom. The minimum absolute atomic E-state index is 0.160. The highest BCUT2D eigenvalue weighted by molar-refractivity contribution is 5.76. The van der Waals surface area contributed by atoms with E-state index in [9.17, 15) is 14.9 Å². The molecule has 8 nitrogen and oxygen atoms in total. The van der Waals surface area contributed by atoms with Crippen molar-refractivity contribution in [3.05, 3.63) is 70.6 Å². The van der Waals surface area contributed by atoms with Crippen LogP contribution in [0.1, 0.15) is 5.69 Å². The van der Waals surface area contributed by atoms with Crippen LogP contribution in [-0.4, -0.2) is 23.0 Å². The number of carbonyl (C=O) groups is 1. The predicted octanol–water partition coefficient (Wildman–Crippen LogP) is 3.41. The zero-order chi connectivity index (χ0) is 18.5. The van der Waals surface area contributed by atoms with Gasteiger partial charge in [-0.25, -0.2) is 4.98 Å². The van der Waals surface area contributed by atoms with Gasteiger partial charge in [0.2, 0.25) is 11.6 Å². The summed E-state index contributed by atoms with van der Waals surface area (Å²) in [6, 6.07) is 13.2. The van der Waals surface area contributed by atoms with Crippen molar-refractivity contribution >= 4 is 11.7 Å². The van der Waals surface area contributed by atoms with Crippen molar-refractivity contribution in [3.8, 4) is 23.0 Å². The number of nitrogens with zero attached hydrogens (tertiary/aromatic N) is 2. The van der Waals surface area contributed by atoms with Crippen LogP contribution >= 0.6 is 0 Å². The van der Waals surface area contributed by atoms with E-state index in [1.54, 1.807) is 0 Å². The first-order valence-electron chi connectivity index (χ1n) is 7.60. The molecule has 0 amide bonds. The molecule has 0 aliphatic heterocycles. The van der Waals surface area contributed by atoms with Crippen LogP contribution in [0.4, 0.5) is 5.69 Å². The first kappa shape index (κ1) is 17.2. The molecule has 0 bridgehead atoms. The number of carbonyl (C=O) groups excluding carboxylic acids is 1. The molecule has 1 heterocycles. The van der Waals surface area contributed by atoms with Crippen LogP contribution in [0.5, 0.6) is 11.5 Å². The van der Waals surface area contributed by atoms with Gasteiger partial charge in [0.25, 0.3) is 0 Å². The Bertz CT molecular complexity index is 936. The summed E-state index contributed by atoms with van der Waals surface area (Å²) < 4.78 is 15.4. The Labute approximate surface area is 148 Å². The topological polar surface area (TPSA) is 105 Å². The molecular formula is C18H14N2O6. The highest BCUT2D eigenvalue weighted by Crippen LogP contribution is 2.31. The normalized spacial score (nSPS) is 10.3. The van der Waals surface area contributed by atoms with Crippen molar-refractivity contribution in [2.75, 3.05) is 7.11 Å². The third kappa shape index (κ3) is 3.86. The summed E-state index contributed by atoms with van der Waals surface area (Å²) in [7, 11) is 1.39. The molecule has 0 spiro atoms. The van der Waals surface area contributed by atoms with Gasteiger partial charge in [0, 0.05) is 5.56 Å². The quantitative estimate of drug-likeness (QED) is 0.289. The number of aromatic nitrogens is 1. The first-order chi connectivity index (χ1) is 12.6. The summed E-state index contributed by atoms with van der Waals surface area (Å²) in [5, 5.41) is 11.1. The molecule has 0 saturated heterocycles. The highest BCUT2D eigenvalue weighted by Gasteiger charge is 2.20. The Morgan fingerprint density at radius 3 is 2.69 bits per heavy atom. The monoisotopic (exact) mass is 354 g/mol. The number of hydrogen-bond donors (Lipinski definition) is 0. The lowest BCUT2D eigenvalue weighted by Crippen LogP contribution is -2.12. The van der Waals surface area contributed by atoms with Crippen molar-refractivity contribution in [1.29, 1.82) is 0 Å². The predicted molar refractivity (Wildman–Crippen MR) is 90.9 cm³/mol. The first-order valence-corrected chi connectivity index (χ1v) is 7.60. The van der Waals surface area contributed by atoms with Crippen molar-refractivity contribution < 1.29 is 23.6 Å². The summed E-state index contributed by atoms with van der Waals surface area (Å²) >= 11 is 0. The molecule has 0 aliphatic rings. The number of methoxy groups -OCH3 is 1. The second-order valence-corrected chi connectivity index (χ2v) is 5.25. The molecular weight excluding hydrogens is 340 g/mol. The second-order valence-electron chi connectivity index (χ2n) is 5.25. The molecule has 26 heavy (non-hydrogen) atoms. The molecule has 0 aliphatic carbocycles. The standard InChI is InChI=1S/C18H14N2O6/c1-24-14-7-8-16(15(10-14)20(22)23)26-17(21)9-13-11-25-18(19-13)12-5-3-2-4-6-12/h2-8,10-11H,9H2,1H3. The van der Waals surface area contributed by atoms with Gasteiger partial charge in [0.15, 0.2) is 0 Å². The van der Waals surface area contributed by atoms with Gasteiger partial charge in [-0.3, -0.25) is 14.9 Å². The maximum Gasteiger partial charge on any atom is 0.317 e. The minimum Gasteiger partial charge on any atom is -0.496 e. The lowest BCUT2D eigenvalue weighted by atomic mass is 10.2. The minimum atomic E-state index is -0.689. The fourth-order valence-corrected chi connectivity index (χ4v) is 2.26. The molecule has 0 fully saturated rings. The average Bonchev–Trinajstić information content (AvgIpc) is 3.11. The van der Waals surface area contributed by atoms with Gasteiger partial charge in [-0.15, -0.1) is 0 Å². The lowest BCUT2D eigenvalue weighted by molar-refractivity contribution is -0.385. The summed E-state index contributed by atoms with van der Waals surface area (Å²) in [6.45, 7) is 0. The SMILES string of the molecule is COc1ccc(OC(=O)Cc2coc(-c3ccccc3)n2)c([N+](=O)[O-])c1. The van der Waals surface area contributed by atoms with Gasteiger partial charge in [-0.1, -0.05) is 18.2 Å². The van der Waals surface area contributed by atoms with Crippen LogP contribution in [0.25, 0.3) is 11.5 Å². The van der Waals surface area contributed by atoms with Gasteiger partial charge < -0.3 is 13.9 Å². The van der Waals surface area contributed by atoms with Crippen molar-refractivity contribution in [3.63, 3.8) is 0 Å². The molecule has 0 N–H and O–H groups in total. The molecule has 0 radical (unpaired) electrons. The van der Waals surface area contributed by atoms with E-state index in [0.29, 0.717) is 17.3 Å². The molecule has 0 atom stereocenters. The smallest absolute Gasteiger partial charge is 0.317 e. The van der Waals surface area contributed by atoms with E-state index in [4.69, 9.17) is 13.9 Å². The van der Waals surface area contributed by atoms with E-state index in [1.165, 1.54) is 31.6 Å². The summed E-state index contributed by atoms with van der Waals surface area (Å²) in [5.74, 6) is -0.178. The Hall–Kier alpha value is -3.68. The van der Waals surface area contributed by atoms with Crippen LogP contribution in [0, 0.1) is 10.1 Å². The zero-order valence-corrected chi connectivity index (χ0v) is 13.7. The van der Waals surface area contributed by atoms with E-state index in [-0.39, 0.29) is 17.9 Å². The molecule has 2 aromatic carbocycles. The van der Waals surface area contributed by atoms with Gasteiger partial charge in [0.1, 0.15) is 12.0 Å². The van der Waals surface area contributed by atoms with Gasteiger partial charge in [-0.2, -0.15) is 0 Å². The number of nitro benzene ring substituents is 1. The fraction of sp³-hybridized carbons (Fsp3) is 0.111. The third-order valence-corrected chi connectivity index (χ3v) is 3.48. The molecule has 132 valence electrons. The number of hydrogen-bond acceptors (Lipinski definition) is 7. The van der Waals surface area contributed by atoms with E-state index in [0.717, 1.165) is 5.56 Å². The van der Waals surface area contributed by atoms with E-state index in [2.05, 4.69) is 4.98 Å². The molecule has 3 aromatic rings. The van der Waals surface area contributed by atoms with Gasteiger partial charge in [-0.05, 0) is 24.3 Å². The van der Waals surface area contributed by atoms with Crippen LogP contribution in [0.15, 0.2) is 59.2 Å². The van der Waals surface area contributed by atoms with Crippen LogP contribution < -0.4 is 9.47 Å². The van der Waals surface area contributed by atoms with Crippen molar-refractivity contribution in [1.82, 2.24) is 4.98 Å². The lowest BCUT2D eigenvalue weighted by Gasteiger charge is -2.05. The Balaban J connectivity index is 1.72. The van der Waals surface area contributed by atoms with Crippen molar-refractivity contribution in [2.45, 2.75) is 6.42 Å². The Morgan fingerprint density at radius 1 is 1.23 bits per heavy atom. The summed E-state index contributed by atoms with van der Waals surface area (Å²) in [6.07, 6.45) is 1.17. The number of nitro groups is 1. The van der Waals surface area contributed by atoms with Crippen LogP contribution in [0.2, 0.25) is 0 Å². The maximum atomic E-state index is 12.1. The molecule has 0 saturated carbocycles.